The van der Waals surface area contributed by atoms with Gasteiger partial charge in [-0.1, -0.05) is 174 Å². The lowest BCUT2D eigenvalue weighted by atomic mass is 9.18. The zero-order valence-corrected chi connectivity index (χ0v) is 32.3. The van der Waals surface area contributed by atoms with Crippen LogP contribution in [0.3, 0.4) is 0 Å². The number of aliphatic carboxylic acids is 1. The molecule has 2 heterocycles. The van der Waals surface area contributed by atoms with Crippen LogP contribution in [0.2, 0.25) is 18.0 Å². The Morgan fingerprint density at radius 2 is 1.25 bits per heavy atom. The summed E-state index contributed by atoms with van der Waals surface area (Å²) in [5, 5.41) is 12.8. The van der Waals surface area contributed by atoms with Crippen LogP contribution in [-0.2, 0) is 9.59 Å². The van der Waals surface area contributed by atoms with Crippen molar-refractivity contribution in [3.05, 3.63) is 0 Å². The van der Waals surface area contributed by atoms with Crippen molar-refractivity contribution in [2.45, 2.75) is 231 Å². The number of nitrogens with one attached hydrogen (secondary N) is 1. The fourth-order valence-electron chi connectivity index (χ4n) is 12.2. The zero-order chi connectivity index (χ0) is 34.4. The minimum atomic E-state index is -0.640. The molecule has 0 spiro atoms. The van der Waals surface area contributed by atoms with E-state index in [9.17, 15) is 14.7 Å². The van der Waals surface area contributed by atoms with E-state index in [-0.39, 0.29) is 0 Å². The lowest BCUT2D eigenvalue weighted by Crippen LogP contribution is -2.55. The van der Waals surface area contributed by atoms with Crippen LogP contribution in [0.4, 0.5) is 0 Å². The van der Waals surface area contributed by atoms with Crippen LogP contribution in [0.15, 0.2) is 0 Å². The molecule has 4 rings (SSSR count). The topological polar surface area (TPSA) is 66.4 Å². The Balaban J connectivity index is 1.05. The van der Waals surface area contributed by atoms with Gasteiger partial charge in [0, 0.05) is 18.9 Å². The van der Waals surface area contributed by atoms with E-state index in [4.69, 9.17) is 0 Å². The van der Waals surface area contributed by atoms with Crippen LogP contribution in [0.5, 0.6) is 0 Å². The number of carbonyl (C=O) groups excluding carboxylic acids is 1. The maximum Gasteiger partial charge on any atom is 0.303 e. The molecule has 48 heavy (non-hydrogen) atoms. The smallest absolute Gasteiger partial charge is 0.303 e. The van der Waals surface area contributed by atoms with Gasteiger partial charge in [0.1, 0.15) is 6.71 Å². The van der Waals surface area contributed by atoms with Gasteiger partial charge in [0.05, 0.1) is 0 Å². The molecule has 4 aliphatic rings. The van der Waals surface area contributed by atoms with Gasteiger partial charge >= 0.3 is 5.97 Å². The molecule has 0 aromatic carbocycles. The second-order valence-electron chi connectivity index (χ2n) is 18.2. The number of carboxylic acids is 1. The summed E-state index contributed by atoms with van der Waals surface area (Å²) >= 11 is 0. The normalized spacial score (nSPS) is 31.9. The Morgan fingerprint density at radius 1 is 0.708 bits per heavy atom. The van der Waals surface area contributed by atoms with Gasteiger partial charge in [-0.15, -0.1) is 0 Å². The number of fused-ring (bicyclic) bond motifs is 5. The summed E-state index contributed by atoms with van der Waals surface area (Å²) in [5.41, 5.74) is 0.839. The van der Waals surface area contributed by atoms with Crippen molar-refractivity contribution < 1.29 is 14.7 Å². The van der Waals surface area contributed by atoms with E-state index < -0.39 is 5.97 Å². The average molecular weight is 668 g/mol. The number of carbonyl (C=O) groups is 2. The molecule has 0 aromatic rings. The highest BCUT2D eigenvalue weighted by molar-refractivity contribution is 6.63. The van der Waals surface area contributed by atoms with E-state index in [1.165, 1.54) is 154 Å². The number of carboxylic acid groups (broad SMARTS) is 1. The first kappa shape index (κ1) is 39.8. The van der Waals surface area contributed by atoms with E-state index in [0.29, 0.717) is 47.5 Å². The summed E-state index contributed by atoms with van der Waals surface area (Å²) < 4.78 is 0. The van der Waals surface area contributed by atoms with E-state index in [1.54, 1.807) is 0 Å². The average Bonchev–Trinajstić information content (AvgIpc) is 3.42. The molecule has 8 atom stereocenters. The molecule has 2 N–H and O–H groups in total. The maximum absolute atomic E-state index is 12.9. The highest BCUT2D eigenvalue weighted by Crippen LogP contribution is 2.70. The van der Waals surface area contributed by atoms with E-state index >= 15 is 0 Å². The first-order valence-electron chi connectivity index (χ1n) is 21.7. The lowest BCUT2D eigenvalue weighted by Gasteiger charge is -2.60. The van der Waals surface area contributed by atoms with Crippen molar-refractivity contribution in [1.82, 2.24) is 5.32 Å². The molecule has 0 aromatic heterocycles. The highest BCUT2D eigenvalue weighted by atomic mass is 16.4. The molecule has 4 nitrogen and oxygen atoms in total. The summed E-state index contributed by atoms with van der Waals surface area (Å²) in [6.07, 6.45) is 37.0. The third-order valence-electron chi connectivity index (χ3n) is 15.1. The summed E-state index contributed by atoms with van der Waals surface area (Å²) in [5.74, 6) is 3.30. The molecule has 4 fully saturated rings. The molecule has 2 saturated carbocycles. The predicted octanol–water partition coefficient (Wildman–Crippen LogP) is 12.7. The molecule has 0 radical (unpaired) electrons. The number of hydrogen-bond acceptors (Lipinski definition) is 2. The quantitative estimate of drug-likeness (QED) is 0.0842. The van der Waals surface area contributed by atoms with Crippen molar-refractivity contribution in [3.8, 4) is 0 Å². The molecular weight excluding hydrogens is 589 g/mol. The Hall–Kier alpha value is -0.995. The summed E-state index contributed by atoms with van der Waals surface area (Å²) in [7, 11) is 0. The Kier molecular flexibility index (Phi) is 16.7. The molecule has 2 saturated heterocycles. The fourth-order valence-corrected chi connectivity index (χ4v) is 12.2. The van der Waals surface area contributed by atoms with Crippen molar-refractivity contribution in [2.24, 2.45) is 28.6 Å². The first-order valence-corrected chi connectivity index (χ1v) is 21.7. The predicted molar refractivity (Wildman–Crippen MR) is 205 cm³/mol. The standard InChI is InChI=1S/C43H78BNO3/c1-5-6-7-8-9-10-11-12-13-14-15-16-17-18-19-20-21-22-40(46)45-36-27-30-42(3)35(33-36)29-32-44-38-25-24-37(34(2)23-26-41(47)48)43(38,4)31-28-39(42)44/h34-39H,5-33H2,1-4H3,(H,45,46)(H,47,48)/t34-,35?,36?,37?,38?,39?,42?,43?/m1/s1. The van der Waals surface area contributed by atoms with Crippen LogP contribution in [0.1, 0.15) is 207 Å². The maximum atomic E-state index is 12.9. The van der Waals surface area contributed by atoms with Gasteiger partial charge in [0.2, 0.25) is 5.91 Å². The van der Waals surface area contributed by atoms with Crippen molar-refractivity contribution in [2.75, 3.05) is 0 Å². The number of unbranched alkanes of at least 4 members (excludes halogenated alkanes) is 16. The summed E-state index contributed by atoms with van der Waals surface area (Å²) in [6, 6.07) is 0.387. The van der Waals surface area contributed by atoms with Gasteiger partial charge in [-0.25, -0.2) is 0 Å². The van der Waals surface area contributed by atoms with Gasteiger partial charge < -0.3 is 10.4 Å². The van der Waals surface area contributed by atoms with Crippen LogP contribution < -0.4 is 5.32 Å². The molecule has 2 aliphatic carbocycles. The second kappa shape index (κ2) is 20.1. The van der Waals surface area contributed by atoms with E-state index in [2.05, 4.69) is 33.0 Å². The zero-order valence-electron chi connectivity index (χ0n) is 32.3. The third kappa shape index (κ3) is 11.0. The van der Waals surface area contributed by atoms with Gasteiger partial charge in [-0.05, 0) is 67.1 Å². The monoisotopic (exact) mass is 668 g/mol. The molecule has 2 aliphatic heterocycles. The third-order valence-corrected chi connectivity index (χ3v) is 15.1. The van der Waals surface area contributed by atoms with E-state index in [0.717, 1.165) is 43.5 Å². The van der Waals surface area contributed by atoms with Crippen LogP contribution >= 0.6 is 0 Å². The highest BCUT2D eigenvalue weighted by Gasteiger charge is 2.61. The molecule has 0 bridgehead atoms. The fraction of sp³-hybridized carbons (Fsp3) is 0.953. The van der Waals surface area contributed by atoms with Crippen molar-refractivity contribution in [3.63, 3.8) is 0 Å². The number of amides is 1. The van der Waals surface area contributed by atoms with E-state index in [1.807, 2.05) is 0 Å². The van der Waals surface area contributed by atoms with Gasteiger partial charge in [0.15, 0.2) is 0 Å². The molecule has 7 unspecified atom stereocenters. The minimum Gasteiger partial charge on any atom is -0.481 e. The molecule has 5 heteroatoms. The molecule has 276 valence electrons. The lowest BCUT2D eigenvalue weighted by molar-refractivity contribution is -0.137. The van der Waals surface area contributed by atoms with Gasteiger partial charge in [-0.3, -0.25) is 9.59 Å². The van der Waals surface area contributed by atoms with Crippen LogP contribution in [-0.4, -0.2) is 29.7 Å². The molecular formula is C43H78BNO3. The summed E-state index contributed by atoms with van der Waals surface area (Å²) in [4.78, 5) is 24.2. The van der Waals surface area contributed by atoms with Gasteiger partial charge in [0.25, 0.3) is 0 Å². The second-order valence-corrected chi connectivity index (χ2v) is 18.2. The Morgan fingerprint density at radius 3 is 1.83 bits per heavy atom. The van der Waals surface area contributed by atoms with Gasteiger partial charge in [-0.2, -0.15) is 0 Å². The number of hydrogen-bond donors (Lipinski definition) is 2. The van der Waals surface area contributed by atoms with Crippen LogP contribution in [0.25, 0.3) is 0 Å². The number of rotatable bonds is 23. The van der Waals surface area contributed by atoms with Crippen molar-refractivity contribution in [1.29, 1.82) is 0 Å². The molecule has 1 amide bonds. The van der Waals surface area contributed by atoms with Crippen molar-refractivity contribution >= 4 is 18.6 Å². The SMILES string of the molecule is CCCCCCCCCCCCCCCCCCCC(=O)NC1CCC2(C)C(CCB3C2CCC2(C)C3CCC2[C@H](C)CCC(=O)O)C1. The Labute approximate surface area is 298 Å². The van der Waals surface area contributed by atoms with Crippen LogP contribution in [0, 0.1) is 28.6 Å². The first-order chi connectivity index (χ1) is 23.2. The Bertz CT molecular complexity index is 956. The minimum absolute atomic E-state index is 0.306. The largest absolute Gasteiger partial charge is 0.481 e. The summed E-state index contributed by atoms with van der Waals surface area (Å²) in [6.45, 7) is 10.7.